The van der Waals surface area contributed by atoms with Crippen LogP contribution in [0.1, 0.15) is 39.3 Å². The van der Waals surface area contributed by atoms with Gasteiger partial charge in [-0.1, -0.05) is 43.6 Å². The van der Waals surface area contributed by atoms with Gasteiger partial charge in [0.25, 0.3) is 0 Å². The summed E-state index contributed by atoms with van der Waals surface area (Å²) < 4.78 is 22.9. The highest BCUT2D eigenvalue weighted by Crippen LogP contribution is 2.26. The van der Waals surface area contributed by atoms with E-state index >= 15 is 0 Å². The maximum atomic E-state index is 11.9. The lowest BCUT2D eigenvalue weighted by atomic mass is 10.0. The summed E-state index contributed by atoms with van der Waals surface area (Å²) >= 11 is 6.43. The van der Waals surface area contributed by atoms with Crippen LogP contribution in [0.5, 0.6) is 0 Å². The molecule has 1 aromatic carbocycles. The summed E-state index contributed by atoms with van der Waals surface area (Å²) in [5.41, 5.74) is 1.06. The van der Waals surface area contributed by atoms with Crippen LogP contribution in [0.4, 0.5) is 0 Å². The van der Waals surface area contributed by atoms with Crippen molar-refractivity contribution in [2.45, 2.75) is 38.5 Å². The Morgan fingerprint density at radius 3 is 2.25 bits per heavy atom. The zero-order chi connectivity index (χ0) is 20.7. The minimum atomic E-state index is -3.18. The van der Waals surface area contributed by atoms with Crippen molar-refractivity contribution in [1.82, 2.24) is 15.5 Å². The normalized spacial score (nSPS) is 13.8. The molecule has 0 saturated carbocycles. The highest BCUT2D eigenvalue weighted by molar-refractivity contribution is 14.0. The molecule has 0 bridgehead atoms. The summed E-state index contributed by atoms with van der Waals surface area (Å²) in [6.45, 7) is 10.3. The Bertz CT molecular complexity index is 737. The van der Waals surface area contributed by atoms with Crippen molar-refractivity contribution in [3.05, 3.63) is 34.9 Å². The molecular weight excluding hydrogens is 511 g/mol. The van der Waals surface area contributed by atoms with Gasteiger partial charge >= 0.3 is 0 Å². The van der Waals surface area contributed by atoms with E-state index in [1.165, 1.54) is 6.26 Å². The summed E-state index contributed by atoms with van der Waals surface area (Å²) in [5, 5.41) is 7.17. The lowest BCUT2D eigenvalue weighted by Crippen LogP contribution is -2.49. The van der Waals surface area contributed by atoms with Gasteiger partial charge in [-0.2, -0.15) is 0 Å². The van der Waals surface area contributed by atoms with Gasteiger partial charge < -0.3 is 10.6 Å². The number of benzene rings is 1. The Hall–Kier alpha value is -0.580. The van der Waals surface area contributed by atoms with Crippen molar-refractivity contribution in [3.63, 3.8) is 0 Å². The van der Waals surface area contributed by atoms with E-state index in [1.807, 2.05) is 24.3 Å². The summed E-state index contributed by atoms with van der Waals surface area (Å²) in [6, 6.07) is 7.92. The van der Waals surface area contributed by atoms with Gasteiger partial charge in [0.1, 0.15) is 0 Å². The molecule has 0 aromatic heterocycles. The van der Waals surface area contributed by atoms with Crippen molar-refractivity contribution in [2.24, 2.45) is 4.99 Å². The maximum Gasteiger partial charge on any atom is 0.191 e. The number of halogens is 2. The van der Waals surface area contributed by atoms with Crippen molar-refractivity contribution in [3.8, 4) is 0 Å². The van der Waals surface area contributed by atoms with E-state index in [0.29, 0.717) is 12.5 Å². The van der Waals surface area contributed by atoms with Crippen molar-refractivity contribution < 1.29 is 8.42 Å². The minimum Gasteiger partial charge on any atom is -0.355 e. The molecule has 0 heterocycles. The number of hydrogen-bond acceptors (Lipinski definition) is 4. The van der Waals surface area contributed by atoms with Gasteiger partial charge in [-0.3, -0.25) is 9.89 Å². The van der Waals surface area contributed by atoms with Crippen LogP contribution in [0, 0.1) is 0 Å². The molecule has 9 heteroatoms. The Morgan fingerprint density at radius 1 is 1.21 bits per heavy atom. The molecule has 28 heavy (non-hydrogen) atoms. The summed E-state index contributed by atoms with van der Waals surface area (Å²) in [7, 11) is -1.51. The molecule has 1 atom stereocenters. The van der Waals surface area contributed by atoms with Crippen molar-refractivity contribution >= 4 is 51.4 Å². The van der Waals surface area contributed by atoms with Crippen LogP contribution in [0.15, 0.2) is 29.3 Å². The summed E-state index contributed by atoms with van der Waals surface area (Å²) in [5.74, 6) is 0.566. The number of aliphatic imine (C=N–C) groups is 1. The third-order valence-corrected chi connectivity index (χ3v) is 7.39. The van der Waals surface area contributed by atoms with E-state index < -0.39 is 14.6 Å². The topological polar surface area (TPSA) is 73.8 Å². The average Bonchev–Trinajstić information content (AvgIpc) is 2.60. The van der Waals surface area contributed by atoms with Gasteiger partial charge in [0.15, 0.2) is 15.8 Å². The van der Waals surface area contributed by atoms with Crippen LogP contribution in [0.3, 0.4) is 0 Å². The predicted molar refractivity (Wildman–Crippen MR) is 131 cm³/mol. The molecule has 162 valence electrons. The van der Waals surface area contributed by atoms with Crippen LogP contribution in [0.2, 0.25) is 5.02 Å². The number of nitrogens with zero attached hydrogens (tertiary/aromatic N) is 2. The van der Waals surface area contributed by atoms with Gasteiger partial charge in [0.2, 0.25) is 0 Å². The summed E-state index contributed by atoms with van der Waals surface area (Å²) in [6.07, 6.45) is 1.25. The zero-order valence-corrected chi connectivity index (χ0v) is 21.5. The Kier molecular flexibility index (Phi) is 11.9. The molecule has 1 rings (SSSR count). The van der Waals surface area contributed by atoms with Gasteiger partial charge in [-0.05, 0) is 38.6 Å². The quantitative estimate of drug-likeness (QED) is 0.283. The first-order valence-electron chi connectivity index (χ1n) is 9.20. The van der Waals surface area contributed by atoms with Crippen molar-refractivity contribution in [2.75, 3.05) is 39.5 Å². The molecule has 0 amide bonds. The molecule has 0 aliphatic heterocycles. The molecule has 0 aliphatic rings. The monoisotopic (exact) mass is 544 g/mol. The smallest absolute Gasteiger partial charge is 0.191 e. The second-order valence-corrected chi connectivity index (χ2v) is 10.2. The average molecular weight is 545 g/mol. The van der Waals surface area contributed by atoms with Gasteiger partial charge in [0, 0.05) is 31.4 Å². The maximum absolute atomic E-state index is 11.9. The second kappa shape index (κ2) is 12.2. The van der Waals surface area contributed by atoms with Crippen LogP contribution < -0.4 is 10.6 Å². The molecule has 0 spiro atoms. The number of rotatable bonds is 9. The second-order valence-electron chi connectivity index (χ2n) is 7.10. The lowest BCUT2D eigenvalue weighted by molar-refractivity contribution is 0.219. The highest BCUT2D eigenvalue weighted by Gasteiger charge is 2.30. The molecule has 2 N–H and O–H groups in total. The molecule has 1 unspecified atom stereocenters. The number of hydrogen-bond donors (Lipinski definition) is 2. The number of likely N-dealkylation sites (N-methyl/N-ethyl adjacent to an activating group) is 1. The zero-order valence-electron chi connectivity index (χ0n) is 17.6. The first-order chi connectivity index (χ1) is 12.6. The van der Waals surface area contributed by atoms with E-state index in [0.717, 1.165) is 23.7 Å². The molecular formula is C19H34ClIN4O2S. The standard InChI is InChI=1S/C19H33ClN4O2S.HI/c1-7-24(8-2)17(15-11-9-10-12-16(15)20)13-22-18(21-5)23-14-19(3,4)27(6,25)26;/h9-12,17H,7-8,13-14H2,1-6H3,(H2,21,22,23);1H. The molecule has 0 radical (unpaired) electrons. The first kappa shape index (κ1) is 27.4. The Labute approximate surface area is 192 Å². The van der Waals surface area contributed by atoms with E-state index in [-0.39, 0.29) is 36.6 Å². The van der Waals surface area contributed by atoms with Gasteiger partial charge in [0.05, 0.1) is 10.8 Å². The molecule has 0 saturated heterocycles. The van der Waals surface area contributed by atoms with E-state index in [2.05, 4.69) is 34.4 Å². The van der Waals surface area contributed by atoms with E-state index in [4.69, 9.17) is 11.6 Å². The largest absolute Gasteiger partial charge is 0.355 e. The van der Waals surface area contributed by atoms with Crippen LogP contribution in [-0.4, -0.2) is 63.5 Å². The molecule has 6 nitrogen and oxygen atoms in total. The number of guanidine groups is 1. The van der Waals surface area contributed by atoms with E-state index in [9.17, 15) is 8.42 Å². The molecule has 0 fully saturated rings. The SMILES string of the molecule is CCN(CC)C(CNC(=NC)NCC(C)(C)S(C)(=O)=O)c1ccccc1Cl.I. The number of nitrogens with one attached hydrogen (secondary N) is 2. The fraction of sp³-hybridized carbons (Fsp3) is 0.632. The number of sulfone groups is 1. The third-order valence-electron chi connectivity index (χ3n) is 4.89. The lowest BCUT2D eigenvalue weighted by Gasteiger charge is -2.31. The van der Waals surface area contributed by atoms with Gasteiger partial charge in [-0.25, -0.2) is 8.42 Å². The summed E-state index contributed by atoms with van der Waals surface area (Å²) in [4.78, 5) is 6.54. The van der Waals surface area contributed by atoms with Crippen LogP contribution >= 0.6 is 35.6 Å². The molecule has 0 aliphatic carbocycles. The first-order valence-corrected chi connectivity index (χ1v) is 11.5. The Balaban J connectivity index is 0.00000729. The highest BCUT2D eigenvalue weighted by atomic mass is 127. The fourth-order valence-corrected chi connectivity index (χ4v) is 3.28. The predicted octanol–water partition coefficient (Wildman–Crippen LogP) is 3.33. The molecule has 1 aromatic rings. The van der Waals surface area contributed by atoms with Crippen LogP contribution in [0.25, 0.3) is 0 Å². The van der Waals surface area contributed by atoms with E-state index in [1.54, 1.807) is 20.9 Å². The Morgan fingerprint density at radius 2 is 1.79 bits per heavy atom. The van der Waals surface area contributed by atoms with Crippen molar-refractivity contribution in [1.29, 1.82) is 0 Å². The minimum absolute atomic E-state index is 0. The van der Waals surface area contributed by atoms with Gasteiger partial charge in [-0.15, -0.1) is 24.0 Å². The fourth-order valence-electron chi connectivity index (χ4n) is 2.69. The van der Waals surface area contributed by atoms with Crippen LogP contribution in [-0.2, 0) is 9.84 Å². The third kappa shape index (κ3) is 7.68.